The lowest BCUT2D eigenvalue weighted by molar-refractivity contribution is 0.115. The largest absolute Gasteiger partial charge is 0.366 e. The lowest BCUT2D eigenvalue weighted by atomic mass is 9.97. The van der Waals surface area contributed by atoms with Crippen LogP contribution in [0, 0.1) is 0 Å². The molecule has 0 saturated carbocycles. The van der Waals surface area contributed by atoms with Gasteiger partial charge in [0.05, 0.1) is 0 Å². The van der Waals surface area contributed by atoms with E-state index >= 15 is 0 Å². The highest BCUT2D eigenvalue weighted by atomic mass is 79.9. The molecule has 0 amide bonds. The molecule has 0 aliphatic carbocycles. The maximum Gasteiger partial charge on any atom is 0.0389 e. The molecule has 0 aromatic heterocycles. The highest BCUT2D eigenvalue weighted by Gasteiger charge is 2.32. The Morgan fingerprint density at radius 1 is 1.11 bits per heavy atom. The SMILES string of the molecule is CC1CN2CCCCC2CN1c1ccc(Br)cc1. The second kappa shape index (κ2) is 5.22. The standard InChI is InChI=1S/C15H21BrN2/c1-12-10-17-9-3-2-4-15(17)11-18(12)14-7-5-13(16)6-8-14/h5-8,12,15H,2-4,9-11H2,1H3. The van der Waals surface area contributed by atoms with Crippen LogP contribution >= 0.6 is 15.9 Å². The van der Waals surface area contributed by atoms with Crippen LogP contribution in [0.15, 0.2) is 28.7 Å². The fraction of sp³-hybridized carbons (Fsp3) is 0.600. The summed E-state index contributed by atoms with van der Waals surface area (Å²) in [7, 11) is 0. The molecule has 2 nitrogen and oxygen atoms in total. The van der Waals surface area contributed by atoms with Crippen molar-refractivity contribution in [3.63, 3.8) is 0 Å². The molecule has 1 aromatic carbocycles. The Hall–Kier alpha value is -0.540. The Bertz CT molecular complexity index is 403. The minimum Gasteiger partial charge on any atom is -0.366 e. The van der Waals surface area contributed by atoms with Crippen LogP contribution in [0.5, 0.6) is 0 Å². The highest BCUT2D eigenvalue weighted by molar-refractivity contribution is 9.10. The first kappa shape index (κ1) is 12.5. The first-order valence-corrected chi connectivity index (χ1v) is 7.79. The number of rotatable bonds is 1. The van der Waals surface area contributed by atoms with Gasteiger partial charge >= 0.3 is 0 Å². The number of piperazine rings is 1. The number of fused-ring (bicyclic) bond motifs is 1. The van der Waals surface area contributed by atoms with E-state index in [4.69, 9.17) is 0 Å². The van der Waals surface area contributed by atoms with Gasteiger partial charge in [0.2, 0.25) is 0 Å². The molecule has 2 aliphatic rings. The van der Waals surface area contributed by atoms with Crippen molar-refractivity contribution in [3.05, 3.63) is 28.7 Å². The molecule has 3 rings (SSSR count). The summed E-state index contributed by atoms with van der Waals surface area (Å²) in [6, 6.07) is 10.2. The number of benzene rings is 1. The zero-order chi connectivity index (χ0) is 12.5. The monoisotopic (exact) mass is 308 g/mol. The van der Waals surface area contributed by atoms with Gasteiger partial charge in [-0.15, -0.1) is 0 Å². The van der Waals surface area contributed by atoms with E-state index in [0.717, 1.165) is 10.5 Å². The molecule has 2 fully saturated rings. The Morgan fingerprint density at radius 2 is 1.89 bits per heavy atom. The Morgan fingerprint density at radius 3 is 2.67 bits per heavy atom. The van der Waals surface area contributed by atoms with E-state index in [1.807, 2.05) is 0 Å². The van der Waals surface area contributed by atoms with Crippen LogP contribution in [0.4, 0.5) is 5.69 Å². The molecule has 2 heterocycles. The zero-order valence-electron chi connectivity index (χ0n) is 11.0. The molecule has 1 aromatic rings. The number of halogens is 1. The van der Waals surface area contributed by atoms with Gasteiger partial charge in [-0.25, -0.2) is 0 Å². The van der Waals surface area contributed by atoms with Gasteiger partial charge in [-0.1, -0.05) is 22.4 Å². The third-order valence-electron chi connectivity index (χ3n) is 4.35. The normalized spacial score (nSPS) is 29.1. The second-order valence-electron chi connectivity index (χ2n) is 5.62. The quantitative estimate of drug-likeness (QED) is 0.783. The van der Waals surface area contributed by atoms with E-state index in [-0.39, 0.29) is 0 Å². The van der Waals surface area contributed by atoms with E-state index in [1.165, 1.54) is 44.6 Å². The topological polar surface area (TPSA) is 6.48 Å². The molecule has 0 bridgehead atoms. The Labute approximate surface area is 118 Å². The predicted octanol–water partition coefficient (Wildman–Crippen LogP) is 3.51. The van der Waals surface area contributed by atoms with Crippen molar-refractivity contribution in [2.45, 2.75) is 38.3 Å². The second-order valence-corrected chi connectivity index (χ2v) is 6.54. The molecular weight excluding hydrogens is 288 g/mol. The number of hydrogen-bond donors (Lipinski definition) is 0. The van der Waals surface area contributed by atoms with Crippen LogP contribution < -0.4 is 4.90 Å². The van der Waals surface area contributed by atoms with Crippen molar-refractivity contribution in [2.24, 2.45) is 0 Å². The molecule has 3 heteroatoms. The van der Waals surface area contributed by atoms with E-state index in [0.29, 0.717) is 6.04 Å². The van der Waals surface area contributed by atoms with Crippen molar-refractivity contribution in [2.75, 3.05) is 24.5 Å². The third kappa shape index (κ3) is 2.43. The van der Waals surface area contributed by atoms with Crippen LogP contribution in [-0.2, 0) is 0 Å². The van der Waals surface area contributed by atoms with Crippen LogP contribution in [-0.4, -0.2) is 36.6 Å². The summed E-state index contributed by atoms with van der Waals surface area (Å²) in [6.45, 7) is 6.08. The van der Waals surface area contributed by atoms with Gasteiger partial charge in [0.15, 0.2) is 0 Å². The molecule has 2 saturated heterocycles. The van der Waals surface area contributed by atoms with E-state index in [9.17, 15) is 0 Å². The number of hydrogen-bond acceptors (Lipinski definition) is 2. The summed E-state index contributed by atoms with van der Waals surface area (Å²) in [5.74, 6) is 0. The molecule has 0 N–H and O–H groups in total. The summed E-state index contributed by atoms with van der Waals surface area (Å²) < 4.78 is 1.16. The fourth-order valence-corrected chi connectivity index (χ4v) is 3.61. The fourth-order valence-electron chi connectivity index (χ4n) is 3.34. The molecule has 2 atom stereocenters. The molecular formula is C15H21BrN2. The number of piperidine rings is 1. The van der Waals surface area contributed by atoms with Gasteiger partial charge in [-0.2, -0.15) is 0 Å². The molecule has 0 radical (unpaired) electrons. The van der Waals surface area contributed by atoms with Crippen molar-refractivity contribution in [1.29, 1.82) is 0 Å². The number of nitrogens with zero attached hydrogens (tertiary/aromatic N) is 2. The van der Waals surface area contributed by atoms with E-state index < -0.39 is 0 Å². The summed E-state index contributed by atoms with van der Waals surface area (Å²) >= 11 is 3.51. The van der Waals surface area contributed by atoms with Crippen molar-refractivity contribution >= 4 is 21.6 Å². The van der Waals surface area contributed by atoms with Crippen molar-refractivity contribution in [1.82, 2.24) is 4.90 Å². The van der Waals surface area contributed by atoms with Crippen molar-refractivity contribution < 1.29 is 0 Å². The van der Waals surface area contributed by atoms with Crippen LogP contribution in [0.3, 0.4) is 0 Å². The van der Waals surface area contributed by atoms with Gasteiger partial charge in [0, 0.05) is 35.3 Å². The minimum atomic E-state index is 0.625. The maximum absolute atomic E-state index is 3.51. The summed E-state index contributed by atoms with van der Waals surface area (Å²) in [5, 5.41) is 0. The maximum atomic E-state index is 3.51. The van der Waals surface area contributed by atoms with E-state index in [1.54, 1.807) is 0 Å². The van der Waals surface area contributed by atoms with Crippen LogP contribution in [0.1, 0.15) is 26.2 Å². The third-order valence-corrected chi connectivity index (χ3v) is 4.87. The lowest BCUT2D eigenvalue weighted by Crippen LogP contribution is -2.58. The van der Waals surface area contributed by atoms with Gasteiger partial charge in [0.1, 0.15) is 0 Å². The van der Waals surface area contributed by atoms with Crippen LogP contribution in [0.2, 0.25) is 0 Å². The lowest BCUT2D eigenvalue weighted by Gasteiger charge is -2.48. The zero-order valence-corrected chi connectivity index (χ0v) is 12.6. The first-order chi connectivity index (χ1) is 8.74. The van der Waals surface area contributed by atoms with Gasteiger partial charge in [-0.05, 0) is 50.6 Å². The van der Waals surface area contributed by atoms with Gasteiger partial charge in [0.25, 0.3) is 0 Å². The summed E-state index contributed by atoms with van der Waals surface area (Å²) in [6.07, 6.45) is 4.17. The molecule has 0 spiro atoms. The Balaban J connectivity index is 1.77. The average molecular weight is 309 g/mol. The minimum absolute atomic E-state index is 0.625. The highest BCUT2D eigenvalue weighted by Crippen LogP contribution is 2.28. The van der Waals surface area contributed by atoms with Gasteiger partial charge in [-0.3, -0.25) is 4.90 Å². The summed E-state index contributed by atoms with van der Waals surface area (Å²) in [5.41, 5.74) is 1.37. The first-order valence-electron chi connectivity index (χ1n) is 7.00. The number of anilines is 1. The van der Waals surface area contributed by atoms with Crippen LogP contribution in [0.25, 0.3) is 0 Å². The Kier molecular flexibility index (Phi) is 3.62. The summed E-state index contributed by atoms with van der Waals surface area (Å²) in [4.78, 5) is 5.28. The van der Waals surface area contributed by atoms with Gasteiger partial charge < -0.3 is 4.90 Å². The molecule has 18 heavy (non-hydrogen) atoms. The molecule has 2 unspecified atom stereocenters. The van der Waals surface area contributed by atoms with Crippen molar-refractivity contribution in [3.8, 4) is 0 Å². The molecule has 2 aliphatic heterocycles. The van der Waals surface area contributed by atoms with E-state index in [2.05, 4.69) is 56.9 Å². The smallest absolute Gasteiger partial charge is 0.0389 e. The predicted molar refractivity (Wildman–Crippen MR) is 80.2 cm³/mol. The average Bonchev–Trinajstić information content (AvgIpc) is 2.39. The molecule has 98 valence electrons.